The van der Waals surface area contributed by atoms with Crippen molar-refractivity contribution in [1.29, 1.82) is 0 Å². The summed E-state index contributed by atoms with van der Waals surface area (Å²) in [5.41, 5.74) is 6.51. The highest BCUT2D eigenvalue weighted by Gasteiger charge is 2.18. The highest BCUT2D eigenvalue weighted by atomic mass is 16.5. The van der Waals surface area contributed by atoms with E-state index in [1.165, 1.54) is 5.57 Å². The molecule has 1 rings (SSSR count). The molecule has 0 bridgehead atoms. The Balaban J connectivity index is 2.06. The average Bonchev–Trinajstić information content (AvgIpc) is 2.39. The second kappa shape index (κ2) is 9.25. The van der Waals surface area contributed by atoms with E-state index in [0.29, 0.717) is 33.0 Å². The molecule has 0 aromatic carbocycles. The molecule has 2 N–H and O–H groups in total. The second-order valence-electron chi connectivity index (χ2n) is 4.62. The first-order valence-electron chi connectivity index (χ1n) is 7.24. The summed E-state index contributed by atoms with van der Waals surface area (Å²) in [6.45, 7) is 4.89. The van der Waals surface area contributed by atoms with Gasteiger partial charge in [-0.25, -0.2) is 0 Å². The van der Waals surface area contributed by atoms with Gasteiger partial charge in [0.25, 0.3) is 0 Å². The summed E-state index contributed by atoms with van der Waals surface area (Å²) in [4.78, 5) is 11.5. The van der Waals surface area contributed by atoms with Gasteiger partial charge in [0.1, 0.15) is 5.78 Å². The van der Waals surface area contributed by atoms with Crippen LogP contribution in [0.4, 0.5) is 0 Å². The topological polar surface area (TPSA) is 61.6 Å². The number of ketones is 1. The monoisotopic (exact) mass is 256 g/mol. The van der Waals surface area contributed by atoms with E-state index in [9.17, 15) is 4.79 Å². The molecule has 0 aromatic heterocycles. The molecular weight excluding hydrogens is 230 g/mol. The van der Waals surface area contributed by atoms with Gasteiger partial charge < -0.3 is 15.2 Å². The normalized spacial score (nSPS) is 24.9. The fraction of sp³-hybridized carbons (Fsp3) is 0.786. The molecule has 4 heteroatoms. The minimum absolute atomic E-state index is 0.00641. The van der Waals surface area contributed by atoms with Crippen molar-refractivity contribution in [2.45, 2.75) is 32.6 Å². The van der Waals surface area contributed by atoms with E-state index in [-0.39, 0.29) is 11.7 Å². The third-order valence-electron chi connectivity index (χ3n) is 2.96. The van der Waals surface area contributed by atoms with Crippen LogP contribution < -0.4 is 5.73 Å². The predicted molar refractivity (Wildman–Crippen MR) is 71.4 cm³/mol. The molecule has 0 fully saturated rings. The lowest BCUT2D eigenvalue weighted by Gasteiger charge is -2.18. The largest absolute Gasteiger partial charge is 0.379 e. The standard InChI is InChI=1S/C14H25NO3/c1-12-11-13(4-5-14(12)16)3-2-7-17-9-10-18-8-6-15/h4,12H,2-3,5-11,15H2,1H3/i5D. The van der Waals surface area contributed by atoms with Crippen LogP contribution in [0.1, 0.15) is 34.0 Å². The molecule has 0 saturated carbocycles. The summed E-state index contributed by atoms with van der Waals surface area (Å²) in [6.07, 6.45) is 3.78. The summed E-state index contributed by atoms with van der Waals surface area (Å²) >= 11 is 0. The number of hydrogen-bond donors (Lipinski definition) is 1. The number of allylic oxidation sites excluding steroid dienone is 2. The van der Waals surface area contributed by atoms with Crippen molar-refractivity contribution in [2.24, 2.45) is 11.7 Å². The SMILES string of the molecule is [2H]C1C=C(CCCOCCOCCN)CC(C)C1=O. The van der Waals surface area contributed by atoms with Crippen LogP contribution >= 0.6 is 0 Å². The summed E-state index contributed by atoms with van der Waals surface area (Å²) < 4.78 is 18.3. The maximum absolute atomic E-state index is 11.5. The van der Waals surface area contributed by atoms with E-state index in [1.807, 2.05) is 6.92 Å². The molecule has 1 aliphatic rings. The maximum atomic E-state index is 11.5. The Bertz CT molecular complexity index is 307. The summed E-state index contributed by atoms with van der Waals surface area (Å²) in [5, 5.41) is 0. The molecule has 0 amide bonds. The van der Waals surface area contributed by atoms with Crippen molar-refractivity contribution in [3.8, 4) is 0 Å². The Kier molecular flexibility index (Phi) is 7.05. The molecule has 0 radical (unpaired) electrons. The van der Waals surface area contributed by atoms with Gasteiger partial charge >= 0.3 is 0 Å². The lowest BCUT2D eigenvalue weighted by atomic mass is 9.87. The number of ether oxygens (including phenoxy) is 2. The van der Waals surface area contributed by atoms with Crippen LogP contribution in [0.5, 0.6) is 0 Å². The van der Waals surface area contributed by atoms with E-state index < -0.39 is 6.40 Å². The van der Waals surface area contributed by atoms with Gasteiger partial charge in [-0.1, -0.05) is 18.6 Å². The number of nitrogens with two attached hydrogens (primary N) is 1. The molecule has 104 valence electrons. The number of carbonyl (C=O) groups excluding carboxylic acids is 1. The highest BCUT2D eigenvalue weighted by molar-refractivity contribution is 5.83. The molecule has 0 saturated heterocycles. The molecule has 0 aromatic rings. The van der Waals surface area contributed by atoms with Gasteiger partial charge in [-0.05, 0) is 19.3 Å². The Hall–Kier alpha value is -0.710. The Morgan fingerprint density at radius 2 is 2.11 bits per heavy atom. The van der Waals surface area contributed by atoms with Crippen LogP contribution in [0, 0.1) is 5.92 Å². The zero-order chi connectivity index (χ0) is 14.1. The Morgan fingerprint density at radius 3 is 2.78 bits per heavy atom. The first-order chi connectivity index (χ1) is 9.15. The molecule has 0 aliphatic heterocycles. The average molecular weight is 256 g/mol. The predicted octanol–water partition coefficient (Wildman–Crippen LogP) is 1.68. The summed E-state index contributed by atoms with van der Waals surface area (Å²) in [5.74, 6) is 0.0325. The van der Waals surface area contributed by atoms with Gasteiger partial charge in [0, 0.05) is 26.8 Å². The van der Waals surface area contributed by atoms with Gasteiger partial charge in [-0.2, -0.15) is 0 Å². The van der Waals surface area contributed by atoms with Crippen LogP contribution in [-0.2, 0) is 14.3 Å². The van der Waals surface area contributed by atoms with Crippen molar-refractivity contribution in [1.82, 2.24) is 0 Å². The van der Waals surface area contributed by atoms with Gasteiger partial charge in [-0.15, -0.1) is 0 Å². The van der Waals surface area contributed by atoms with E-state index in [2.05, 4.69) is 0 Å². The summed E-state index contributed by atoms with van der Waals surface area (Å²) in [7, 11) is 0. The van der Waals surface area contributed by atoms with Crippen LogP contribution in [0.15, 0.2) is 11.6 Å². The minimum Gasteiger partial charge on any atom is -0.379 e. The number of Topliss-reactive ketones (excluding diaryl/α,β-unsaturated/α-hetero) is 1. The third kappa shape index (κ3) is 6.28. The highest BCUT2D eigenvalue weighted by Crippen LogP contribution is 2.23. The molecule has 0 spiro atoms. The van der Waals surface area contributed by atoms with Crippen molar-refractivity contribution in [3.63, 3.8) is 0 Å². The number of hydrogen-bond acceptors (Lipinski definition) is 4. The third-order valence-corrected chi connectivity index (χ3v) is 2.96. The molecule has 18 heavy (non-hydrogen) atoms. The van der Waals surface area contributed by atoms with Gasteiger partial charge in [0.2, 0.25) is 0 Å². The van der Waals surface area contributed by atoms with Crippen molar-refractivity contribution >= 4 is 5.78 Å². The maximum Gasteiger partial charge on any atom is 0.139 e. The minimum atomic E-state index is -0.663. The van der Waals surface area contributed by atoms with Crippen LogP contribution in [0.3, 0.4) is 0 Å². The van der Waals surface area contributed by atoms with Gasteiger partial charge in [0.05, 0.1) is 19.8 Å². The molecule has 1 aliphatic carbocycles. The first-order valence-corrected chi connectivity index (χ1v) is 6.66. The van der Waals surface area contributed by atoms with Gasteiger partial charge in [-0.3, -0.25) is 4.79 Å². The Labute approximate surface area is 111 Å². The van der Waals surface area contributed by atoms with Crippen LogP contribution in [0.25, 0.3) is 0 Å². The number of rotatable bonds is 9. The molecule has 2 atom stereocenters. The zero-order valence-electron chi connectivity index (χ0n) is 12.2. The Morgan fingerprint density at radius 1 is 1.39 bits per heavy atom. The molecular formula is C14H25NO3. The number of carbonyl (C=O) groups is 1. The van der Waals surface area contributed by atoms with Crippen molar-refractivity contribution < 1.29 is 15.6 Å². The first kappa shape index (κ1) is 13.7. The quantitative estimate of drug-likeness (QED) is 0.503. The second-order valence-corrected chi connectivity index (χ2v) is 4.62. The van der Waals surface area contributed by atoms with Crippen LogP contribution in [-0.4, -0.2) is 38.8 Å². The van der Waals surface area contributed by atoms with Crippen molar-refractivity contribution in [3.05, 3.63) is 11.6 Å². The van der Waals surface area contributed by atoms with E-state index in [4.69, 9.17) is 16.6 Å². The zero-order valence-corrected chi connectivity index (χ0v) is 11.2. The molecule has 2 unspecified atom stereocenters. The lowest BCUT2D eigenvalue weighted by molar-refractivity contribution is -0.121. The van der Waals surface area contributed by atoms with E-state index in [1.54, 1.807) is 6.08 Å². The fourth-order valence-corrected chi connectivity index (χ4v) is 1.92. The fourth-order valence-electron chi connectivity index (χ4n) is 1.92. The molecule has 4 nitrogen and oxygen atoms in total. The smallest absolute Gasteiger partial charge is 0.139 e. The van der Waals surface area contributed by atoms with E-state index >= 15 is 0 Å². The summed E-state index contributed by atoms with van der Waals surface area (Å²) in [6, 6.07) is 0. The van der Waals surface area contributed by atoms with Gasteiger partial charge in [0.15, 0.2) is 0 Å². The van der Waals surface area contributed by atoms with Crippen molar-refractivity contribution in [2.75, 3.05) is 33.0 Å². The van der Waals surface area contributed by atoms with Crippen LogP contribution in [0.2, 0.25) is 0 Å². The lowest BCUT2D eigenvalue weighted by Crippen LogP contribution is -2.15. The van der Waals surface area contributed by atoms with E-state index in [0.717, 1.165) is 19.3 Å². The molecule has 0 heterocycles.